The maximum absolute atomic E-state index is 12.5. The lowest BCUT2D eigenvalue weighted by atomic mass is 9.93. The minimum absolute atomic E-state index is 0.330. The average Bonchev–Trinajstić information content (AvgIpc) is 2.92. The number of carbonyl (C=O) groups is 2. The van der Waals surface area contributed by atoms with E-state index in [1.54, 1.807) is 24.3 Å². The van der Waals surface area contributed by atoms with Gasteiger partial charge >= 0.3 is 11.9 Å². The summed E-state index contributed by atoms with van der Waals surface area (Å²) in [5.74, 6) is 3.63. The second kappa shape index (κ2) is 22.7. The first-order valence-electron chi connectivity index (χ1n) is 17.4. The van der Waals surface area contributed by atoms with Crippen molar-refractivity contribution in [2.75, 3.05) is 13.2 Å². The summed E-state index contributed by atoms with van der Waals surface area (Å²) in [6.07, 6.45) is 17.2. The quantitative estimate of drug-likeness (QED) is 0.113. The Morgan fingerprint density at radius 3 is 1.00 bits per heavy atom. The van der Waals surface area contributed by atoms with Crippen LogP contribution in [0.5, 0.6) is 0 Å². The molecule has 4 unspecified atom stereocenters. The molecular weight excluding hydrogens is 520 g/mol. The molecular formula is C38H66O4. The molecule has 4 atom stereocenters. The van der Waals surface area contributed by atoms with Crippen LogP contribution in [0.3, 0.4) is 0 Å². The van der Waals surface area contributed by atoms with E-state index in [9.17, 15) is 9.59 Å². The summed E-state index contributed by atoms with van der Waals surface area (Å²) in [4.78, 5) is 24.9. The van der Waals surface area contributed by atoms with Gasteiger partial charge in [-0.05, 0) is 72.6 Å². The zero-order chi connectivity index (χ0) is 31.3. The minimum Gasteiger partial charge on any atom is -0.462 e. The van der Waals surface area contributed by atoms with Crippen LogP contribution in [0.25, 0.3) is 0 Å². The number of carbonyl (C=O) groups excluding carboxylic acids is 2. The van der Waals surface area contributed by atoms with Gasteiger partial charge in [0, 0.05) is 0 Å². The van der Waals surface area contributed by atoms with Crippen LogP contribution in [-0.2, 0) is 9.47 Å². The molecule has 0 saturated carbocycles. The summed E-state index contributed by atoms with van der Waals surface area (Å²) in [6, 6.07) is 6.64. The van der Waals surface area contributed by atoms with Crippen molar-refractivity contribution in [3.8, 4) is 0 Å². The molecule has 1 aromatic carbocycles. The van der Waals surface area contributed by atoms with Crippen LogP contribution >= 0.6 is 0 Å². The lowest BCUT2D eigenvalue weighted by Gasteiger charge is -2.15. The predicted molar refractivity (Wildman–Crippen MR) is 178 cm³/mol. The van der Waals surface area contributed by atoms with Gasteiger partial charge < -0.3 is 9.47 Å². The highest BCUT2D eigenvalue weighted by molar-refractivity contribution is 5.93. The van der Waals surface area contributed by atoms with Gasteiger partial charge in [0.25, 0.3) is 0 Å². The molecule has 0 aliphatic carbocycles. The Hall–Kier alpha value is -1.84. The number of hydrogen-bond donors (Lipinski definition) is 0. The van der Waals surface area contributed by atoms with Crippen LogP contribution in [-0.4, -0.2) is 25.2 Å². The van der Waals surface area contributed by atoms with E-state index in [1.165, 1.54) is 77.0 Å². The van der Waals surface area contributed by atoms with Crippen molar-refractivity contribution in [3.63, 3.8) is 0 Å². The third-order valence-corrected chi connectivity index (χ3v) is 8.79. The van der Waals surface area contributed by atoms with Gasteiger partial charge in [-0.1, -0.05) is 132 Å². The summed E-state index contributed by atoms with van der Waals surface area (Å²) in [6.45, 7) is 19.3. The fraction of sp³-hybridized carbons (Fsp3) is 0.789. The zero-order valence-electron chi connectivity index (χ0n) is 28.7. The number of hydrogen-bond acceptors (Lipinski definition) is 4. The Balaban J connectivity index is 2.20. The van der Waals surface area contributed by atoms with E-state index in [0.717, 1.165) is 36.5 Å². The first-order valence-corrected chi connectivity index (χ1v) is 17.4. The second-order valence-electron chi connectivity index (χ2n) is 14.4. The molecule has 1 rings (SSSR count). The molecule has 0 aliphatic rings. The topological polar surface area (TPSA) is 52.6 Å². The maximum Gasteiger partial charge on any atom is 0.338 e. The summed E-state index contributed by atoms with van der Waals surface area (Å²) in [5.41, 5.74) is 0.947. The monoisotopic (exact) mass is 586 g/mol. The fourth-order valence-corrected chi connectivity index (χ4v) is 5.57. The standard InChI is InChI=1S/C38H66O4/c1-29(2)13-9-15-31(5)17-11-19-33(7)25-27-41-37(39)35-21-23-36(24-22-35)38(40)42-28-26-34(8)20-12-18-32(6)16-10-14-30(3)4/h21-24,29-34H,9-20,25-28H2,1-8H3. The van der Waals surface area contributed by atoms with Crippen LogP contribution < -0.4 is 0 Å². The largest absolute Gasteiger partial charge is 0.462 e. The van der Waals surface area contributed by atoms with E-state index in [2.05, 4.69) is 55.4 Å². The maximum atomic E-state index is 12.5. The van der Waals surface area contributed by atoms with Crippen molar-refractivity contribution in [2.24, 2.45) is 35.5 Å². The predicted octanol–water partition coefficient (Wildman–Crippen LogP) is 11.3. The average molecular weight is 587 g/mol. The third-order valence-electron chi connectivity index (χ3n) is 8.79. The highest BCUT2D eigenvalue weighted by Crippen LogP contribution is 2.22. The lowest BCUT2D eigenvalue weighted by molar-refractivity contribution is 0.0468. The Morgan fingerprint density at radius 2 is 0.714 bits per heavy atom. The normalized spacial score (nSPS) is 14.5. The SMILES string of the molecule is CC(C)CCCC(C)CCCC(C)CCOC(=O)c1ccc(C(=O)OCCC(C)CCCC(C)CCCC(C)C)cc1. The molecule has 242 valence electrons. The lowest BCUT2D eigenvalue weighted by Crippen LogP contribution is -2.11. The summed E-state index contributed by atoms with van der Waals surface area (Å²) in [5, 5.41) is 0. The molecule has 0 saturated heterocycles. The van der Waals surface area contributed by atoms with E-state index in [4.69, 9.17) is 9.47 Å². The Labute approximate surface area is 260 Å². The van der Waals surface area contributed by atoms with Crippen molar-refractivity contribution in [3.05, 3.63) is 35.4 Å². The highest BCUT2D eigenvalue weighted by atomic mass is 16.5. The van der Waals surface area contributed by atoms with Crippen LogP contribution in [0.4, 0.5) is 0 Å². The smallest absolute Gasteiger partial charge is 0.338 e. The summed E-state index contributed by atoms with van der Waals surface area (Å²) >= 11 is 0. The van der Waals surface area contributed by atoms with Gasteiger partial charge in [0.2, 0.25) is 0 Å². The highest BCUT2D eigenvalue weighted by Gasteiger charge is 2.13. The van der Waals surface area contributed by atoms with Gasteiger partial charge in [-0.3, -0.25) is 0 Å². The van der Waals surface area contributed by atoms with Gasteiger partial charge in [0.15, 0.2) is 0 Å². The Morgan fingerprint density at radius 1 is 0.452 bits per heavy atom. The van der Waals surface area contributed by atoms with E-state index >= 15 is 0 Å². The molecule has 42 heavy (non-hydrogen) atoms. The summed E-state index contributed by atoms with van der Waals surface area (Å²) in [7, 11) is 0. The molecule has 0 radical (unpaired) electrons. The molecule has 4 heteroatoms. The molecule has 0 heterocycles. The molecule has 4 nitrogen and oxygen atoms in total. The molecule has 0 aromatic heterocycles. The van der Waals surface area contributed by atoms with E-state index in [1.807, 2.05) is 0 Å². The molecule has 0 spiro atoms. The molecule has 0 amide bonds. The van der Waals surface area contributed by atoms with Crippen molar-refractivity contribution < 1.29 is 19.1 Å². The van der Waals surface area contributed by atoms with E-state index in [-0.39, 0.29) is 11.9 Å². The van der Waals surface area contributed by atoms with Crippen LogP contribution in [0.1, 0.15) is 166 Å². The molecule has 1 aromatic rings. The van der Waals surface area contributed by atoms with Gasteiger partial charge in [-0.25, -0.2) is 9.59 Å². The number of benzene rings is 1. The Kier molecular flexibility index (Phi) is 20.6. The minimum atomic E-state index is -0.330. The zero-order valence-corrected chi connectivity index (χ0v) is 28.7. The molecule has 0 bridgehead atoms. The van der Waals surface area contributed by atoms with Crippen molar-refractivity contribution in [1.82, 2.24) is 0 Å². The third kappa shape index (κ3) is 19.4. The van der Waals surface area contributed by atoms with Gasteiger partial charge in [0.1, 0.15) is 0 Å². The summed E-state index contributed by atoms with van der Waals surface area (Å²) < 4.78 is 11.0. The molecule has 0 fully saturated rings. The number of ether oxygens (including phenoxy) is 2. The molecule has 0 aliphatic heterocycles. The van der Waals surface area contributed by atoms with E-state index < -0.39 is 0 Å². The van der Waals surface area contributed by atoms with Gasteiger partial charge in [-0.2, -0.15) is 0 Å². The number of esters is 2. The van der Waals surface area contributed by atoms with Crippen LogP contribution in [0.2, 0.25) is 0 Å². The number of rotatable bonds is 24. The van der Waals surface area contributed by atoms with Crippen molar-refractivity contribution in [1.29, 1.82) is 0 Å². The second-order valence-corrected chi connectivity index (χ2v) is 14.4. The van der Waals surface area contributed by atoms with E-state index in [0.29, 0.717) is 36.2 Å². The van der Waals surface area contributed by atoms with Crippen LogP contribution in [0, 0.1) is 35.5 Å². The van der Waals surface area contributed by atoms with Crippen LogP contribution in [0.15, 0.2) is 24.3 Å². The molecule has 0 N–H and O–H groups in total. The first kappa shape index (κ1) is 38.2. The Bertz CT molecular complexity index is 759. The first-order chi connectivity index (χ1) is 20.0. The van der Waals surface area contributed by atoms with Crippen molar-refractivity contribution >= 4 is 11.9 Å². The van der Waals surface area contributed by atoms with Crippen molar-refractivity contribution in [2.45, 2.75) is 145 Å². The fourth-order valence-electron chi connectivity index (χ4n) is 5.57. The van der Waals surface area contributed by atoms with Gasteiger partial charge in [0.05, 0.1) is 24.3 Å². The van der Waals surface area contributed by atoms with Gasteiger partial charge in [-0.15, -0.1) is 0 Å².